The highest BCUT2D eigenvalue weighted by atomic mass is 35.5. The zero-order valence-corrected chi connectivity index (χ0v) is 19.1. The highest BCUT2D eigenvalue weighted by molar-refractivity contribution is 6.30. The topological polar surface area (TPSA) is 54.4 Å². The van der Waals surface area contributed by atoms with Crippen molar-refractivity contribution in [3.8, 4) is 0 Å². The van der Waals surface area contributed by atoms with Gasteiger partial charge in [-0.3, -0.25) is 9.79 Å². The van der Waals surface area contributed by atoms with Gasteiger partial charge < -0.3 is 24.9 Å². The smallest absolute Gasteiger partial charge is 0.242 e. The van der Waals surface area contributed by atoms with E-state index in [2.05, 4.69) is 34.0 Å². The fourth-order valence-electron chi connectivity index (χ4n) is 3.91. The molecule has 2 aliphatic heterocycles. The standard InChI is InChI=1S/C22H35ClN6O/c1-3-24-22(25-9-12-27-11-4-10-26(2)13-14-27)29-16-15-28(21(30)18-29)17-19-5-7-20(23)8-6-19/h5-8H,3-4,9-18H2,1-2H3,(H,24,25). The Bertz CT molecular complexity index is 710. The lowest BCUT2D eigenvalue weighted by Crippen LogP contribution is -2.55. The Morgan fingerprint density at radius 3 is 2.63 bits per heavy atom. The Kier molecular flexibility index (Phi) is 8.78. The summed E-state index contributed by atoms with van der Waals surface area (Å²) in [6.07, 6.45) is 1.21. The Balaban J connectivity index is 1.51. The van der Waals surface area contributed by atoms with Crippen molar-refractivity contribution in [1.29, 1.82) is 0 Å². The van der Waals surface area contributed by atoms with Crippen LogP contribution in [0, 0.1) is 0 Å². The van der Waals surface area contributed by atoms with Gasteiger partial charge in [-0.25, -0.2) is 0 Å². The number of carbonyl (C=O) groups is 1. The number of guanidine groups is 1. The van der Waals surface area contributed by atoms with Crippen molar-refractivity contribution in [1.82, 2.24) is 24.9 Å². The van der Waals surface area contributed by atoms with Crippen LogP contribution in [0.4, 0.5) is 0 Å². The average molecular weight is 435 g/mol. The molecular weight excluding hydrogens is 400 g/mol. The summed E-state index contributed by atoms with van der Waals surface area (Å²) in [6, 6.07) is 7.70. The van der Waals surface area contributed by atoms with Gasteiger partial charge in [0.25, 0.3) is 0 Å². The summed E-state index contributed by atoms with van der Waals surface area (Å²) in [6.45, 7) is 11.6. The van der Waals surface area contributed by atoms with Crippen LogP contribution >= 0.6 is 11.6 Å². The van der Waals surface area contributed by atoms with Crippen LogP contribution < -0.4 is 5.32 Å². The second kappa shape index (κ2) is 11.5. The molecule has 0 aromatic heterocycles. The first-order chi connectivity index (χ1) is 14.5. The monoisotopic (exact) mass is 434 g/mol. The molecule has 0 aliphatic carbocycles. The number of carbonyl (C=O) groups excluding carboxylic acids is 1. The van der Waals surface area contributed by atoms with E-state index >= 15 is 0 Å². The number of aliphatic imine (C=N–C) groups is 1. The molecule has 8 heteroatoms. The van der Waals surface area contributed by atoms with E-state index in [0.717, 1.165) is 57.3 Å². The number of piperazine rings is 1. The minimum Gasteiger partial charge on any atom is -0.357 e. The molecule has 0 atom stereocenters. The molecule has 1 amide bonds. The van der Waals surface area contributed by atoms with Crippen LogP contribution in [0.25, 0.3) is 0 Å². The molecule has 2 fully saturated rings. The number of amides is 1. The fraction of sp³-hybridized carbons (Fsp3) is 0.636. The summed E-state index contributed by atoms with van der Waals surface area (Å²) in [7, 11) is 2.19. The second-order valence-electron chi connectivity index (χ2n) is 8.10. The van der Waals surface area contributed by atoms with Crippen LogP contribution in [0.1, 0.15) is 18.9 Å². The van der Waals surface area contributed by atoms with Crippen molar-refractivity contribution in [3.63, 3.8) is 0 Å². The first-order valence-electron chi connectivity index (χ1n) is 11.0. The number of hydrogen-bond acceptors (Lipinski definition) is 4. The highest BCUT2D eigenvalue weighted by Gasteiger charge is 2.26. The molecule has 0 unspecified atom stereocenters. The van der Waals surface area contributed by atoms with Crippen molar-refractivity contribution in [2.75, 3.05) is 72.5 Å². The van der Waals surface area contributed by atoms with E-state index in [0.29, 0.717) is 24.7 Å². The number of nitrogens with one attached hydrogen (secondary N) is 1. The Labute approximate surface area is 185 Å². The van der Waals surface area contributed by atoms with E-state index in [1.807, 2.05) is 29.2 Å². The third kappa shape index (κ3) is 6.86. The van der Waals surface area contributed by atoms with E-state index in [9.17, 15) is 4.79 Å². The number of rotatable bonds is 6. The number of likely N-dealkylation sites (N-methyl/N-ethyl adjacent to an activating group) is 1. The molecule has 0 spiro atoms. The Morgan fingerprint density at radius 2 is 1.90 bits per heavy atom. The highest BCUT2D eigenvalue weighted by Crippen LogP contribution is 2.13. The molecule has 0 bridgehead atoms. The van der Waals surface area contributed by atoms with Crippen LogP contribution in [0.2, 0.25) is 5.02 Å². The van der Waals surface area contributed by atoms with Crippen LogP contribution in [0.5, 0.6) is 0 Å². The third-order valence-corrected chi connectivity index (χ3v) is 5.98. The zero-order chi connectivity index (χ0) is 21.3. The van der Waals surface area contributed by atoms with Gasteiger partial charge in [0.1, 0.15) is 0 Å². The molecule has 0 saturated carbocycles. The largest absolute Gasteiger partial charge is 0.357 e. The van der Waals surface area contributed by atoms with Crippen LogP contribution in [-0.4, -0.2) is 104 Å². The van der Waals surface area contributed by atoms with Crippen molar-refractivity contribution >= 4 is 23.5 Å². The van der Waals surface area contributed by atoms with E-state index < -0.39 is 0 Å². The molecule has 1 aromatic rings. The predicted octanol–water partition coefficient (Wildman–Crippen LogP) is 1.59. The quantitative estimate of drug-likeness (QED) is 0.544. The first kappa shape index (κ1) is 22.8. The number of halogens is 1. The molecule has 3 rings (SSSR count). The summed E-state index contributed by atoms with van der Waals surface area (Å²) in [5, 5.41) is 4.08. The first-order valence-corrected chi connectivity index (χ1v) is 11.4. The Morgan fingerprint density at radius 1 is 1.10 bits per heavy atom. The maximum absolute atomic E-state index is 12.7. The second-order valence-corrected chi connectivity index (χ2v) is 8.53. The van der Waals surface area contributed by atoms with Gasteiger partial charge >= 0.3 is 0 Å². The van der Waals surface area contributed by atoms with Crippen molar-refractivity contribution in [2.45, 2.75) is 19.9 Å². The lowest BCUT2D eigenvalue weighted by Gasteiger charge is -2.36. The van der Waals surface area contributed by atoms with E-state index in [1.54, 1.807) is 0 Å². The van der Waals surface area contributed by atoms with Crippen LogP contribution in [-0.2, 0) is 11.3 Å². The number of hydrogen-bond donors (Lipinski definition) is 1. The van der Waals surface area contributed by atoms with Gasteiger partial charge in [-0.15, -0.1) is 0 Å². The van der Waals surface area contributed by atoms with Gasteiger partial charge in [0, 0.05) is 50.8 Å². The van der Waals surface area contributed by atoms with Gasteiger partial charge in [-0.1, -0.05) is 23.7 Å². The Hall–Kier alpha value is -1.83. The average Bonchev–Trinajstić information content (AvgIpc) is 2.94. The van der Waals surface area contributed by atoms with Gasteiger partial charge in [-0.05, 0) is 51.2 Å². The minimum absolute atomic E-state index is 0.136. The summed E-state index contributed by atoms with van der Waals surface area (Å²) >= 11 is 5.96. The maximum Gasteiger partial charge on any atom is 0.242 e. The van der Waals surface area contributed by atoms with E-state index in [1.165, 1.54) is 13.0 Å². The summed E-state index contributed by atoms with van der Waals surface area (Å²) < 4.78 is 0. The molecule has 2 heterocycles. The number of benzene rings is 1. The summed E-state index contributed by atoms with van der Waals surface area (Å²) in [5.41, 5.74) is 1.10. The lowest BCUT2D eigenvalue weighted by molar-refractivity contribution is -0.135. The predicted molar refractivity (Wildman–Crippen MR) is 123 cm³/mol. The molecule has 0 radical (unpaired) electrons. The number of nitrogens with zero attached hydrogens (tertiary/aromatic N) is 5. The van der Waals surface area contributed by atoms with E-state index in [4.69, 9.17) is 16.6 Å². The van der Waals surface area contributed by atoms with Gasteiger partial charge in [-0.2, -0.15) is 0 Å². The molecule has 1 N–H and O–H groups in total. The van der Waals surface area contributed by atoms with E-state index in [-0.39, 0.29) is 5.91 Å². The van der Waals surface area contributed by atoms with Gasteiger partial charge in [0.15, 0.2) is 5.96 Å². The SMILES string of the molecule is CCNC(=NCCN1CCCN(C)CC1)N1CCN(Cc2ccc(Cl)cc2)C(=O)C1. The lowest BCUT2D eigenvalue weighted by atomic mass is 10.2. The van der Waals surface area contributed by atoms with Gasteiger partial charge in [0.05, 0.1) is 13.1 Å². The molecular formula is C22H35ClN6O. The normalized spacial score (nSPS) is 19.8. The molecule has 7 nitrogen and oxygen atoms in total. The summed E-state index contributed by atoms with van der Waals surface area (Å²) in [4.78, 5) is 26.4. The van der Waals surface area contributed by atoms with Crippen LogP contribution in [0.3, 0.4) is 0 Å². The third-order valence-electron chi connectivity index (χ3n) is 5.73. The molecule has 2 saturated heterocycles. The van der Waals surface area contributed by atoms with Crippen molar-refractivity contribution in [3.05, 3.63) is 34.9 Å². The van der Waals surface area contributed by atoms with Crippen molar-refractivity contribution in [2.24, 2.45) is 4.99 Å². The minimum atomic E-state index is 0.136. The summed E-state index contributed by atoms with van der Waals surface area (Å²) in [5.74, 6) is 0.987. The fourth-order valence-corrected chi connectivity index (χ4v) is 4.04. The maximum atomic E-state index is 12.7. The zero-order valence-electron chi connectivity index (χ0n) is 18.3. The molecule has 2 aliphatic rings. The molecule has 166 valence electrons. The molecule has 30 heavy (non-hydrogen) atoms. The van der Waals surface area contributed by atoms with Crippen molar-refractivity contribution < 1.29 is 4.79 Å². The van der Waals surface area contributed by atoms with Crippen LogP contribution in [0.15, 0.2) is 29.3 Å². The van der Waals surface area contributed by atoms with Gasteiger partial charge in [0.2, 0.25) is 5.91 Å². The molecule has 1 aromatic carbocycles.